The van der Waals surface area contributed by atoms with Gasteiger partial charge in [0.15, 0.2) is 0 Å². The predicted octanol–water partition coefficient (Wildman–Crippen LogP) is 4.74. The Morgan fingerprint density at radius 3 is 2.54 bits per heavy atom. The Bertz CT molecular complexity index is 1040. The summed E-state index contributed by atoms with van der Waals surface area (Å²) in [6.07, 6.45) is 1.77. The molecule has 2 aromatic carbocycles. The summed E-state index contributed by atoms with van der Waals surface area (Å²) >= 11 is 0. The number of hydrogen-bond donors (Lipinski definition) is 1. The minimum Gasteiger partial charge on any atom is -0.466 e. The number of nitrogens with zero attached hydrogens (tertiary/aromatic N) is 1. The van der Waals surface area contributed by atoms with Crippen molar-refractivity contribution in [3.63, 3.8) is 0 Å². The Hall–Kier alpha value is -3.34. The van der Waals surface area contributed by atoms with Crippen molar-refractivity contribution in [2.24, 2.45) is 0 Å². The Balaban J connectivity index is 1.57. The third-order valence-electron chi connectivity index (χ3n) is 5.01. The van der Waals surface area contributed by atoms with Gasteiger partial charge in [-0.25, -0.2) is 0 Å². The minimum absolute atomic E-state index is 0.00262. The fourth-order valence-corrected chi connectivity index (χ4v) is 3.68. The second kappa shape index (κ2) is 7.35. The lowest BCUT2D eigenvalue weighted by Gasteiger charge is -2.30. The van der Waals surface area contributed by atoms with E-state index in [1.165, 1.54) is 0 Å². The van der Waals surface area contributed by atoms with Crippen LogP contribution in [-0.4, -0.2) is 18.4 Å². The SMILES string of the molecule is Cc1cc(C(=O)Nc2ccc3c(c2)CCCN3C(=O)c2ccccc2)c(C)o1. The van der Waals surface area contributed by atoms with E-state index in [1.807, 2.05) is 60.4 Å². The zero-order valence-electron chi connectivity index (χ0n) is 16.0. The number of amides is 2. The maximum absolute atomic E-state index is 12.9. The van der Waals surface area contributed by atoms with Gasteiger partial charge in [-0.3, -0.25) is 9.59 Å². The van der Waals surface area contributed by atoms with Crippen molar-refractivity contribution in [3.05, 3.63) is 82.8 Å². The summed E-state index contributed by atoms with van der Waals surface area (Å²) in [5.74, 6) is 1.13. The molecule has 28 heavy (non-hydrogen) atoms. The van der Waals surface area contributed by atoms with E-state index >= 15 is 0 Å². The quantitative estimate of drug-likeness (QED) is 0.720. The Morgan fingerprint density at radius 1 is 1.04 bits per heavy atom. The third-order valence-corrected chi connectivity index (χ3v) is 5.01. The van der Waals surface area contributed by atoms with Crippen LogP contribution in [0.1, 0.15) is 44.2 Å². The van der Waals surface area contributed by atoms with Gasteiger partial charge in [0.05, 0.1) is 5.56 Å². The lowest BCUT2D eigenvalue weighted by atomic mass is 10.00. The third kappa shape index (κ3) is 3.43. The van der Waals surface area contributed by atoms with Crippen molar-refractivity contribution >= 4 is 23.2 Å². The molecular formula is C23H22N2O3. The zero-order chi connectivity index (χ0) is 19.7. The molecular weight excluding hydrogens is 352 g/mol. The smallest absolute Gasteiger partial charge is 0.259 e. The molecule has 0 saturated heterocycles. The number of rotatable bonds is 3. The summed E-state index contributed by atoms with van der Waals surface area (Å²) in [7, 11) is 0. The summed E-state index contributed by atoms with van der Waals surface area (Å²) in [5, 5.41) is 2.94. The van der Waals surface area contributed by atoms with Crippen LogP contribution in [0.5, 0.6) is 0 Å². The molecule has 0 aliphatic carbocycles. The number of fused-ring (bicyclic) bond motifs is 1. The molecule has 1 aliphatic rings. The van der Waals surface area contributed by atoms with Crippen LogP contribution in [0, 0.1) is 13.8 Å². The number of benzene rings is 2. The van der Waals surface area contributed by atoms with E-state index in [9.17, 15) is 9.59 Å². The van der Waals surface area contributed by atoms with Crippen LogP contribution in [0.2, 0.25) is 0 Å². The van der Waals surface area contributed by atoms with Crippen molar-refractivity contribution in [2.75, 3.05) is 16.8 Å². The second-order valence-corrected chi connectivity index (χ2v) is 7.05. The summed E-state index contributed by atoms with van der Waals surface area (Å²) in [6.45, 7) is 4.29. The van der Waals surface area contributed by atoms with Crippen LogP contribution in [0.3, 0.4) is 0 Å². The minimum atomic E-state index is -0.192. The molecule has 5 nitrogen and oxygen atoms in total. The van der Waals surface area contributed by atoms with Gasteiger partial charge in [0.25, 0.3) is 11.8 Å². The number of carbonyl (C=O) groups excluding carboxylic acids is 2. The van der Waals surface area contributed by atoms with E-state index in [2.05, 4.69) is 5.32 Å². The van der Waals surface area contributed by atoms with Crippen molar-refractivity contribution in [2.45, 2.75) is 26.7 Å². The van der Waals surface area contributed by atoms with Gasteiger partial charge < -0.3 is 14.6 Å². The molecule has 1 aromatic heterocycles. The van der Waals surface area contributed by atoms with E-state index in [-0.39, 0.29) is 11.8 Å². The number of aryl methyl sites for hydroxylation is 3. The second-order valence-electron chi connectivity index (χ2n) is 7.05. The van der Waals surface area contributed by atoms with Crippen molar-refractivity contribution in [1.82, 2.24) is 0 Å². The first-order valence-corrected chi connectivity index (χ1v) is 9.41. The van der Waals surface area contributed by atoms with Crippen molar-refractivity contribution in [1.29, 1.82) is 0 Å². The highest BCUT2D eigenvalue weighted by Gasteiger charge is 2.24. The fraction of sp³-hybridized carbons (Fsp3) is 0.217. The first-order valence-electron chi connectivity index (χ1n) is 9.41. The molecule has 0 unspecified atom stereocenters. The predicted molar refractivity (Wildman–Crippen MR) is 109 cm³/mol. The highest BCUT2D eigenvalue weighted by Crippen LogP contribution is 2.31. The lowest BCUT2D eigenvalue weighted by Crippen LogP contribution is -2.35. The molecule has 1 aliphatic heterocycles. The molecule has 1 N–H and O–H groups in total. The van der Waals surface area contributed by atoms with Crippen LogP contribution in [0.4, 0.5) is 11.4 Å². The number of nitrogens with one attached hydrogen (secondary N) is 1. The van der Waals surface area contributed by atoms with Gasteiger partial charge in [0.1, 0.15) is 11.5 Å². The van der Waals surface area contributed by atoms with E-state index < -0.39 is 0 Å². The Kier molecular flexibility index (Phi) is 4.74. The molecule has 5 heteroatoms. The molecule has 0 bridgehead atoms. The Morgan fingerprint density at radius 2 is 1.82 bits per heavy atom. The van der Waals surface area contributed by atoms with E-state index in [4.69, 9.17) is 4.42 Å². The van der Waals surface area contributed by atoms with Crippen LogP contribution < -0.4 is 10.2 Å². The average Bonchev–Trinajstić information content (AvgIpc) is 3.05. The monoisotopic (exact) mass is 374 g/mol. The molecule has 0 saturated carbocycles. The van der Waals surface area contributed by atoms with E-state index in [0.717, 1.165) is 29.8 Å². The highest BCUT2D eigenvalue weighted by atomic mass is 16.3. The van der Waals surface area contributed by atoms with Crippen LogP contribution >= 0.6 is 0 Å². The number of anilines is 2. The standard InChI is InChI=1S/C23H22N2O3/c1-15-13-20(16(2)28-15)22(26)24-19-10-11-21-18(14-19)9-6-12-25(21)23(27)17-7-4-3-5-8-17/h3-5,7-8,10-11,13-14H,6,9,12H2,1-2H3,(H,24,26). The highest BCUT2D eigenvalue weighted by molar-refractivity contribution is 6.07. The molecule has 4 rings (SSSR count). The maximum atomic E-state index is 12.9. The fourth-order valence-electron chi connectivity index (χ4n) is 3.68. The van der Waals surface area contributed by atoms with Gasteiger partial charge in [0.2, 0.25) is 0 Å². The largest absolute Gasteiger partial charge is 0.466 e. The zero-order valence-corrected chi connectivity index (χ0v) is 16.0. The van der Waals surface area contributed by atoms with Gasteiger partial charge in [-0.1, -0.05) is 18.2 Å². The molecule has 0 atom stereocenters. The number of furan rings is 1. The lowest BCUT2D eigenvalue weighted by molar-refractivity contribution is 0.0983. The van der Waals surface area contributed by atoms with Crippen molar-refractivity contribution in [3.8, 4) is 0 Å². The average molecular weight is 374 g/mol. The Labute approximate surface area is 164 Å². The summed E-state index contributed by atoms with van der Waals surface area (Å²) < 4.78 is 5.44. The van der Waals surface area contributed by atoms with Gasteiger partial charge >= 0.3 is 0 Å². The normalized spacial score (nSPS) is 13.1. The van der Waals surface area contributed by atoms with Crippen molar-refractivity contribution < 1.29 is 14.0 Å². The molecule has 0 fully saturated rings. The molecule has 142 valence electrons. The topological polar surface area (TPSA) is 62.6 Å². The first kappa shape index (κ1) is 18.0. The molecule has 2 amide bonds. The number of hydrogen-bond acceptors (Lipinski definition) is 3. The summed E-state index contributed by atoms with van der Waals surface area (Å²) in [6, 6.07) is 16.8. The summed E-state index contributed by atoms with van der Waals surface area (Å²) in [4.78, 5) is 27.3. The van der Waals surface area contributed by atoms with E-state index in [0.29, 0.717) is 29.2 Å². The first-order chi connectivity index (χ1) is 13.5. The number of carbonyl (C=O) groups is 2. The van der Waals surface area contributed by atoms with Gasteiger partial charge in [-0.05, 0) is 68.7 Å². The molecule has 0 spiro atoms. The maximum Gasteiger partial charge on any atom is 0.259 e. The molecule has 2 heterocycles. The van der Waals surface area contributed by atoms with E-state index in [1.54, 1.807) is 13.0 Å². The van der Waals surface area contributed by atoms with Gasteiger partial charge in [-0.15, -0.1) is 0 Å². The van der Waals surface area contributed by atoms with Crippen LogP contribution in [0.25, 0.3) is 0 Å². The van der Waals surface area contributed by atoms with Gasteiger partial charge in [-0.2, -0.15) is 0 Å². The van der Waals surface area contributed by atoms with Crippen LogP contribution in [-0.2, 0) is 6.42 Å². The molecule has 3 aromatic rings. The van der Waals surface area contributed by atoms with Crippen LogP contribution in [0.15, 0.2) is 59.0 Å². The molecule has 0 radical (unpaired) electrons. The summed E-state index contributed by atoms with van der Waals surface area (Å²) in [5.41, 5.74) is 3.91. The van der Waals surface area contributed by atoms with Gasteiger partial charge in [0, 0.05) is 23.5 Å².